The number of hydrogen-bond donors (Lipinski definition) is 1. The smallest absolute Gasteiger partial charge is 0.0672 e. The molecule has 2 heterocycles. The minimum Gasteiger partial charge on any atom is -0.306 e. The molecule has 1 atom stereocenters. The summed E-state index contributed by atoms with van der Waals surface area (Å²) in [5, 5.41) is 5.66. The largest absolute Gasteiger partial charge is 0.306 e. The Hall–Kier alpha value is -1.19. The summed E-state index contributed by atoms with van der Waals surface area (Å²) < 4.78 is 0. The van der Waals surface area contributed by atoms with Gasteiger partial charge in [-0.3, -0.25) is 4.98 Å². The highest BCUT2D eigenvalue weighted by atomic mass is 32.1. The highest BCUT2D eigenvalue weighted by molar-refractivity contribution is 7.10. The van der Waals surface area contributed by atoms with E-state index >= 15 is 0 Å². The minimum absolute atomic E-state index is 0.292. The summed E-state index contributed by atoms with van der Waals surface area (Å²) in [5.41, 5.74) is 3.47. The van der Waals surface area contributed by atoms with Crippen LogP contribution in [0.15, 0.2) is 29.6 Å². The molecule has 0 saturated heterocycles. The number of nitrogens with zero attached hydrogens (tertiary/aromatic N) is 1. The van der Waals surface area contributed by atoms with Gasteiger partial charge in [-0.05, 0) is 49.5 Å². The van der Waals surface area contributed by atoms with Gasteiger partial charge in [0.25, 0.3) is 0 Å². The topological polar surface area (TPSA) is 24.9 Å². The number of rotatable bonds is 4. The van der Waals surface area contributed by atoms with Gasteiger partial charge in [-0.25, -0.2) is 0 Å². The molecule has 0 aliphatic carbocycles. The zero-order chi connectivity index (χ0) is 12.3. The van der Waals surface area contributed by atoms with E-state index in [1.807, 2.05) is 13.8 Å². The molecule has 0 aliphatic rings. The quantitative estimate of drug-likeness (QED) is 0.893. The first kappa shape index (κ1) is 12.3. The highest BCUT2D eigenvalue weighted by Gasteiger charge is 2.14. The van der Waals surface area contributed by atoms with E-state index in [1.165, 1.54) is 10.4 Å². The van der Waals surface area contributed by atoms with Crippen molar-refractivity contribution in [1.82, 2.24) is 10.3 Å². The summed E-state index contributed by atoms with van der Waals surface area (Å²) in [6.45, 7) is 7.20. The van der Waals surface area contributed by atoms with Crippen molar-refractivity contribution in [1.29, 1.82) is 0 Å². The van der Waals surface area contributed by atoms with Crippen LogP contribution in [0.5, 0.6) is 0 Å². The summed E-state index contributed by atoms with van der Waals surface area (Å²) in [7, 11) is 0. The number of aromatic nitrogens is 1. The second-order valence-corrected chi connectivity index (χ2v) is 5.17. The standard InChI is InChI=1S/C14H18N2S/c1-4-15-14(13-6-5-7-17-13)12-8-10(2)16-11(3)9-12/h5-9,14-15H,4H2,1-3H3. The summed E-state index contributed by atoms with van der Waals surface area (Å²) in [6, 6.07) is 8.91. The summed E-state index contributed by atoms with van der Waals surface area (Å²) in [6.07, 6.45) is 0. The van der Waals surface area contributed by atoms with Crippen molar-refractivity contribution in [2.24, 2.45) is 0 Å². The second kappa shape index (κ2) is 5.43. The van der Waals surface area contributed by atoms with E-state index in [2.05, 4.69) is 46.9 Å². The van der Waals surface area contributed by atoms with Crippen molar-refractivity contribution in [2.75, 3.05) is 6.54 Å². The van der Waals surface area contributed by atoms with E-state index in [1.54, 1.807) is 11.3 Å². The van der Waals surface area contributed by atoms with E-state index in [0.29, 0.717) is 6.04 Å². The Morgan fingerprint density at radius 3 is 2.53 bits per heavy atom. The van der Waals surface area contributed by atoms with Crippen LogP contribution in [0.25, 0.3) is 0 Å². The molecular weight excluding hydrogens is 228 g/mol. The van der Waals surface area contributed by atoms with Gasteiger partial charge in [-0.2, -0.15) is 0 Å². The summed E-state index contributed by atoms with van der Waals surface area (Å²) in [4.78, 5) is 5.79. The molecule has 17 heavy (non-hydrogen) atoms. The van der Waals surface area contributed by atoms with Crippen LogP contribution in [-0.2, 0) is 0 Å². The van der Waals surface area contributed by atoms with Gasteiger partial charge < -0.3 is 5.32 Å². The second-order valence-electron chi connectivity index (χ2n) is 4.19. The first-order valence-electron chi connectivity index (χ1n) is 5.92. The van der Waals surface area contributed by atoms with Gasteiger partial charge in [0.15, 0.2) is 0 Å². The molecule has 0 fully saturated rings. The van der Waals surface area contributed by atoms with E-state index in [-0.39, 0.29) is 0 Å². The number of nitrogens with one attached hydrogen (secondary N) is 1. The first-order valence-corrected chi connectivity index (χ1v) is 6.80. The average Bonchev–Trinajstić information content (AvgIpc) is 2.77. The van der Waals surface area contributed by atoms with Gasteiger partial charge in [0, 0.05) is 16.3 Å². The van der Waals surface area contributed by atoms with Crippen molar-refractivity contribution in [3.8, 4) is 0 Å². The maximum atomic E-state index is 4.43. The monoisotopic (exact) mass is 246 g/mol. The zero-order valence-corrected chi connectivity index (χ0v) is 11.3. The Bertz CT molecular complexity index is 457. The van der Waals surface area contributed by atoms with E-state index in [9.17, 15) is 0 Å². The lowest BCUT2D eigenvalue weighted by Gasteiger charge is -2.17. The Balaban J connectivity index is 2.38. The van der Waals surface area contributed by atoms with Crippen LogP contribution in [0.4, 0.5) is 0 Å². The highest BCUT2D eigenvalue weighted by Crippen LogP contribution is 2.26. The lowest BCUT2D eigenvalue weighted by Crippen LogP contribution is -2.21. The van der Waals surface area contributed by atoms with Crippen molar-refractivity contribution >= 4 is 11.3 Å². The zero-order valence-electron chi connectivity index (χ0n) is 10.5. The van der Waals surface area contributed by atoms with Crippen molar-refractivity contribution in [3.05, 3.63) is 51.5 Å². The molecule has 1 unspecified atom stereocenters. The molecule has 0 amide bonds. The van der Waals surface area contributed by atoms with E-state index in [0.717, 1.165) is 17.9 Å². The minimum atomic E-state index is 0.292. The van der Waals surface area contributed by atoms with Crippen LogP contribution in [0, 0.1) is 13.8 Å². The van der Waals surface area contributed by atoms with E-state index < -0.39 is 0 Å². The fraction of sp³-hybridized carbons (Fsp3) is 0.357. The molecule has 2 aromatic rings. The van der Waals surface area contributed by atoms with Crippen LogP contribution < -0.4 is 5.32 Å². The van der Waals surface area contributed by atoms with Gasteiger partial charge in [0.05, 0.1) is 6.04 Å². The maximum Gasteiger partial charge on any atom is 0.0672 e. The molecule has 0 aliphatic heterocycles. The molecular formula is C14H18N2S. The van der Waals surface area contributed by atoms with Crippen LogP contribution >= 0.6 is 11.3 Å². The number of aryl methyl sites for hydroxylation is 2. The first-order chi connectivity index (χ1) is 8.20. The molecule has 1 N–H and O–H groups in total. The third-order valence-corrected chi connectivity index (χ3v) is 3.61. The van der Waals surface area contributed by atoms with E-state index in [4.69, 9.17) is 0 Å². The molecule has 0 aromatic carbocycles. The van der Waals surface area contributed by atoms with Gasteiger partial charge in [0.2, 0.25) is 0 Å². The van der Waals surface area contributed by atoms with Crippen molar-refractivity contribution in [3.63, 3.8) is 0 Å². The lowest BCUT2D eigenvalue weighted by molar-refractivity contribution is 0.637. The van der Waals surface area contributed by atoms with Crippen LogP contribution in [0.1, 0.15) is 34.8 Å². The fourth-order valence-electron chi connectivity index (χ4n) is 2.08. The maximum absolute atomic E-state index is 4.43. The third kappa shape index (κ3) is 2.93. The van der Waals surface area contributed by atoms with Crippen LogP contribution in [-0.4, -0.2) is 11.5 Å². The molecule has 0 bridgehead atoms. The number of thiophene rings is 1. The molecule has 0 saturated carbocycles. The van der Waals surface area contributed by atoms with Crippen LogP contribution in [0.2, 0.25) is 0 Å². The molecule has 2 nitrogen and oxygen atoms in total. The van der Waals surface area contributed by atoms with Gasteiger partial charge >= 0.3 is 0 Å². The van der Waals surface area contributed by atoms with Gasteiger partial charge in [-0.1, -0.05) is 13.0 Å². The lowest BCUT2D eigenvalue weighted by atomic mass is 10.0. The molecule has 0 spiro atoms. The molecule has 90 valence electrons. The normalized spacial score (nSPS) is 12.6. The molecule has 3 heteroatoms. The number of hydrogen-bond acceptors (Lipinski definition) is 3. The Kier molecular flexibility index (Phi) is 3.92. The van der Waals surface area contributed by atoms with Gasteiger partial charge in [0.1, 0.15) is 0 Å². The summed E-state index contributed by atoms with van der Waals surface area (Å²) >= 11 is 1.79. The fourth-order valence-corrected chi connectivity index (χ4v) is 2.90. The predicted molar refractivity (Wildman–Crippen MR) is 73.5 cm³/mol. The Labute approximate surface area is 107 Å². The molecule has 2 aromatic heterocycles. The number of pyridine rings is 1. The Morgan fingerprint density at radius 1 is 1.29 bits per heavy atom. The van der Waals surface area contributed by atoms with Crippen LogP contribution in [0.3, 0.4) is 0 Å². The molecule has 0 radical (unpaired) electrons. The predicted octanol–water partition coefficient (Wildman–Crippen LogP) is 3.46. The third-order valence-electron chi connectivity index (χ3n) is 2.67. The van der Waals surface area contributed by atoms with Crippen molar-refractivity contribution in [2.45, 2.75) is 26.8 Å². The molecule has 2 rings (SSSR count). The van der Waals surface area contributed by atoms with Crippen molar-refractivity contribution < 1.29 is 0 Å². The Morgan fingerprint density at radius 2 is 2.00 bits per heavy atom. The average molecular weight is 246 g/mol. The summed E-state index contributed by atoms with van der Waals surface area (Å²) in [5.74, 6) is 0. The van der Waals surface area contributed by atoms with Gasteiger partial charge in [-0.15, -0.1) is 11.3 Å². The SMILES string of the molecule is CCNC(c1cc(C)nc(C)c1)c1cccs1.